The largest absolute Gasteiger partial charge is 0.497 e. The molecule has 0 bridgehead atoms. The number of thioether (sulfide) groups is 1. The summed E-state index contributed by atoms with van der Waals surface area (Å²) in [6, 6.07) is 15.9. The maximum atomic E-state index is 5.99. The quantitative estimate of drug-likeness (QED) is 0.786. The first kappa shape index (κ1) is 16.2. The maximum Gasteiger partial charge on any atom is 0.189 e. The number of hydrazone groups is 1. The van der Waals surface area contributed by atoms with E-state index in [9.17, 15) is 0 Å². The number of nitrogens with zero attached hydrogens (tertiary/aromatic N) is 3. The van der Waals surface area contributed by atoms with E-state index in [1.807, 2.05) is 41.4 Å². The van der Waals surface area contributed by atoms with Gasteiger partial charge in [-0.1, -0.05) is 47.6 Å². The molecule has 2 aliphatic rings. The van der Waals surface area contributed by atoms with Crippen molar-refractivity contribution in [2.24, 2.45) is 10.1 Å². The monoisotopic (exact) mass is 369 g/mol. The lowest BCUT2D eigenvalue weighted by Gasteiger charge is -2.22. The highest BCUT2D eigenvalue weighted by Gasteiger charge is 2.27. The Morgan fingerprint density at radius 2 is 1.88 bits per heavy atom. The summed E-state index contributed by atoms with van der Waals surface area (Å²) in [6.07, 6.45) is 0.774. The van der Waals surface area contributed by atoms with Crippen molar-refractivity contribution in [2.45, 2.75) is 6.42 Å². The van der Waals surface area contributed by atoms with Crippen molar-refractivity contribution in [1.82, 2.24) is 5.01 Å². The van der Waals surface area contributed by atoms with Gasteiger partial charge < -0.3 is 4.74 Å². The predicted octanol–water partition coefficient (Wildman–Crippen LogP) is 4.66. The van der Waals surface area contributed by atoms with Crippen LogP contribution in [0.1, 0.15) is 11.1 Å². The second-order valence-corrected chi connectivity index (χ2v) is 7.00. The van der Waals surface area contributed by atoms with Crippen LogP contribution in [0.5, 0.6) is 5.75 Å². The molecule has 0 spiro atoms. The molecule has 2 aromatic carbocycles. The van der Waals surface area contributed by atoms with E-state index >= 15 is 0 Å². The van der Waals surface area contributed by atoms with Gasteiger partial charge in [-0.3, -0.25) is 4.99 Å². The first-order valence-electron chi connectivity index (χ1n) is 7.89. The number of rotatable bonds is 4. The lowest BCUT2D eigenvalue weighted by Crippen LogP contribution is -2.27. The van der Waals surface area contributed by atoms with Gasteiger partial charge in [0.05, 0.1) is 25.1 Å². The zero-order chi connectivity index (χ0) is 17.2. The van der Waals surface area contributed by atoms with E-state index in [0.717, 1.165) is 39.3 Å². The van der Waals surface area contributed by atoms with Crippen LogP contribution in [0, 0.1) is 0 Å². The molecule has 4 nitrogen and oxygen atoms in total. The second-order valence-electron chi connectivity index (χ2n) is 5.73. The molecule has 0 fully saturated rings. The molecule has 126 valence electrons. The summed E-state index contributed by atoms with van der Waals surface area (Å²) < 4.78 is 5.21. The van der Waals surface area contributed by atoms with Crippen LogP contribution in [0.2, 0.25) is 5.02 Å². The summed E-state index contributed by atoms with van der Waals surface area (Å²) in [4.78, 5) is 4.67. The topological polar surface area (TPSA) is 37.2 Å². The Balaban J connectivity index is 1.55. The van der Waals surface area contributed by atoms with Crippen LogP contribution in [0.15, 0.2) is 64.0 Å². The van der Waals surface area contributed by atoms with E-state index in [2.05, 4.69) is 22.5 Å². The van der Waals surface area contributed by atoms with Crippen LogP contribution in [0.4, 0.5) is 0 Å². The number of halogens is 1. The number of benzene rings is 2. The van der Waals surface area contributed by atoms with Gasteiger partial charge in [0.2, 0.25) is 0 Å². The Labute approximate surface area is 155 Å². The lowest BCUT2D eigenvalue weighted by molar-refractivity contribution is 0.414. The molecule has 0 saturated carbocycles. The molecule has 0 radical (unpaired) electrons. The van der Waals surface area contributed by atoms with Gasteiger partial charge in [-0.05, 0) is 29.8 Å². The van der Waals surface area contributed by atoms with Gasteiger partial charge in [0.25, 0.3) is 0 Å². The van der Waals surface area contributed by atoms with E-state index in [4.69, 9.17) is 21.4 Å². The Kier molecular flexibility index (Phi) is 4.51. The number of ether oxygens (including phenoxy) is 1. The van der Waals surface area contributed by atoms with Crippen molar-refractivity contribution in [2.75, 3.05) is 13.7 Å². The van der Waals surface area contributed by atoms with E-state index < -0.39 is 0 Å². The molecule has 0 amide bonds. The zero-order valence-corrected chi connectivity index (χ0v) is 15.2. The normalized spacial score (nSPS) is 16.1. The van der Waals surface area contributed by atoms with E-state index in [1.54, 1.807) is 18.9 Å². The molecule has 0 unspecified atom stereocenters. The SMILES string of the molecule is COc1ccc(CC2=NN3C(c4ccc(Cl)cc4)=CSC3=NC2)cc1. The number of hydrogen-bond donors (Lipinski definition) is 0. The van der Waals surface area contributed by atoms with Crippen LogP contribution >= 0.6 is 23.4 Å². The Morgan fingerprint density at radius 3 is 2.60 bits per heavy atom. The fourth-order valence-electron chi connectivity index (χ4n) is 2.73. The third-order valence-corrected chi connectivity index (χ3v) is 5.14. The summed E-state index contributed by atoms with van der Waals surface area (Å²) in [5.74, 6) is 0.860. The summed E-state index contributed by atoms with van der Waals surface area (Å²) in [5, 5.41) is 10.5. The zero-order valence-electron chi connectivity index (χ0n) is 13.6. The van der Waals surface area contributed by atoms with Crippen LogP contribution in [-0.4, -0.2) is 29.5 Å². The standard InChI is InChI=1S/C19H16ClN3OS/c1-24-17-8-2-13(3-9-17)10-16-11-21-19-23(22-16)18(12-25-19)14-4-6-15(20)7-5-14/h2-9,12H,10-11H2,1H3. The van der Waals surface area contributed by atoms with E-state index in [0.29, 0.717) is 6.54 Å². The number of hydrogen-bond acceptors (Lipinski definition) is 5. The summed E-state index contributed by atoms with van der Waals surface area (Å²) >= 11 is 7.60. The van der Waals surface area contributed by atoms with Crippen LogP contribution < -0.4 is 4.74 Å². The molecule has 0 N–H and O–H groups in total. The third-order valence-electron chi connectivity index (χ3n) is 4.03. The minimum atomic E-state index is 0.632. The Bertz CT molecular complexity index is 873. The minimum Gasteiger partial charge on any atom is -0.497 e. The molecule has 0 atom stereocenters. The molecule has 0 saturated heterocycles. The van der Waals surface area contributed by atoms with Crippen LogP contribution in [0.3, 0.4) is 0 Å². The fourth-order valence-corrected chi connectivity index (χ4v) is 3.68. The predicted molar refractivity (Wildman–Crippen MR) is 105 cm³/mol. The second kappa shape index (κ2) is 6.94. The van der Waals surface area contributed by atoms with Gasteiger partial charge in [-0.2, -0.15) is 5.10 Å². The van der Waals surface area contributed by atoms with Crippen molar-refractivity contribution in [3.63, 3.8) is 0 Å². The van der Waals surface area contributed by atoms with Gasteiger partial charge in [0.15, 0.2) is 5.17 Å². The first-order valence-corrected chi connectivity index (χ1v) is 9.15. The number of methoxy groups -OCH3 is 1. The highest BCUT2D eigenvalue weighted by molar-refractivity contribution is 8.16. The number of amidine groups is 1. The average Bonchev–Trinajstić information content (AvgIpc) is 3.06. The van der Waals surface area contributed by atoms with Crippen molar-refractivity contribution in [1.29, 1.82) is 0 Å². The van der Waals surface area contributed by atoms with Crippen LogP contribution in [0.25, 0.3) is 5.70 Å². The number of fused-ring (bicyclic) bond motifs is 1. The van der Waals surface area contributed by atoms with Crippen molar-refractivity contribution >= 4 is 39.9 Å². The highest BCUT2D eigenvalue weighted by atomic mass is 35.5. The fraction of sp³-hybridized carbons (Fsp3) is 0.158. The van der Waals surface area contributed by atoms with Crippen molar-refractivity contribution in [3.05, 3.63) is 70.1 Å². The minimum absolute atomic E-state index is 0.632. The van der Waals surface area contributed by atoms with E-state index in [-0.39, 0.29) is 0 Å². The molecule has 2 aliphatic heterocycles. The molecule has 0 aromatic heterocycles. The summed E-state index contributed by atoms with van der Waals surface area (Å²) in [6.45, 7) is 0.632. The first-order chi connectivity index (χ1) is 12.2. The van der Waals surface area contributed by atoms with Gasteiger partial charge in [0.1, 0.15) is 5.75 Å². The molecular formula is C19H16ClN3OS. The molecule has 4 rings (SSSR count). The third kappa shape index (κ3) is 3.43. The van der Waals surface area contributed by atoms with Crippen LogP contribution in [-0.2, 0) is 6.42 Å². The summed E-state index contributed by atoms with van der Waals surface area (Å²) in [7, 11) is 1.67. The summed E-state index contributed by atoms with van der Waals surface area (Å²) in [5.41, 5.74) is 4.35. The highest BCUT2D eigenvalue weighted by Crippen LogP contribution is 2.35. The van der Waals surface area contributed by atoms with Crippen molar-refractivity contribution < 1.29 is 4.74 Å². The van der Waals surface area contributed by atoms with Gasteiger partial charge in [-0.15, -0.1) is 0 Å². The smallest absolute Gasteiger partial charge is 0.189 e. The van der Waals surface area contributed by atoms with E-state index in [1.165, 1.54) is 5.56 Å². The van der Waals surface area contributed by atoms with Gasteiger partial charge in [-0.25, -0.2) is 5.01 Å². The molecule has 2 aromatic rings. The lowest BCUT2D eigenvalue weighted by atomic mass is 10.1. The molecule has 25 heavy (non-hydrogen) atoms. The van der Waals surface area contributed by atoms with Crippen molar-refractivity contribution in [3.8, 4) is 5.75 Å². The molecular weight excluding hydrogens is 354 g/mol. The van der Waals surface area contributed by atoms with Gasteiger partial charge in [0, 0.05) is 22.4 Å². The number of aliphatic imine (C=N–C) groups is 1. The molecule has 6 heteroatoms. The molecule has 2 heterocycles. The molecule has 0 aliphatic carbocycles. The Hall–Kier alpha value is -2.24. The average molecular weight is 370 g/mol. The van der Waals surface area contributed by atoms with Gasteiger partial charge >= 0.3 is 0 Å². The Morgan fingerprint density at radius 1 is 1.12 bits per heavy atom. The maximum absolute atomic E-state index is 5.99.